The Hall–Kier alpha value is -2.55. The predicted molar refractivity (Wildman–Crippen MR) is 129 cm³/mol. The SMILES string of the molecule is CCc1ccc(O[C@H](C)C(=O)NCc2nnc(SCC(=O)N[C@@H]3CCCC[C@H]3C)n2C)cc1. The van der Waals surface area contributed by atoms with Gasteiger partial charge in [-0.2, -0.15) is 0 Å². The second-order valence-corrected chi connectivity index (χ2v) is 9.60. The number of thioether (sulfide) groups is 1. The predicted octanol–water partition coefficient (Wildman–Crippen LogP) is 3.25. The molecule has 0 radical (unpaired) electrons. The van der Waals surface area contributed by atoms with E-state index in [0.29, 0.717) is 28.4 Å². The van der Waals surface area contributed by atoms with Crippen molar-refractivity contribution in [3.63, 3.8) is 0 Å². The lowest BCUT2D eigenvalue weighted by Gasteiger charge is -2.29. The van der Waals surface area contributed by atoms with Crippen LogP contribution in [-0.4, -0.2) is 44.5 Å². The molecule has 3 atom stereocenters. The van der Waals surface area contributed by atoms with Crippen LogP contribution in [0.2, 0.25) is 0 Å². The number of nitrogens with zero attached hydrogens (tertiary/aromatic N) is 3. The molecule has 0 bridgehead atoms. The molecule has 1 heterocycles. The largest absolute Gasteiger partial charge is 0.481 e. The number of benzene rings is 1. The van der Waals surface area contributed by atoms with E-state index in [1.165, 1.54) is 36.6 Å². The maximum atomic E-state index is 12.4. The van der Waals surface area contributed by atoms with Gasteiger partial charge in [-0.1, -0.05) is 50.6 Å². The lowest BCUT2D eigenvalue weighted by molar-refractivity contribution is -0.127. The molecule has 0 aliphatic heterocycles. The Morgan fingerprint density at radius 2 is 1.94 bits per heavy atom. The van der Waals surface area contributed by atoms with Gasteiger partial charge in [0.05, 0.1) is 12.3 Å². The van der Waals surface area contributed by atoms with Crippen LogP contribution in [0.15, 0.2) is 29.4 Å². The van der Waals surface area contributed by atoms with Gasteiger partial charge in [-0.25, -0.2) is 0 Å². The third-order valence-electron chi connectivity index (χ3n) is 6.15. The van der Waals surface area contributed by atoms with Crippen LogP contribution in [0.3, 0.4) is 0 Å². The molecule has 3 rings (SSSR count). The average molecular weight is 474 g/mol. The molecule has 1 aromatic heterocycles. The fraction of sp³-hybridized carbons (Fsp3) is 0.583. The number of carbonyl (C=O) groups is 2. The van der Waals surface area contributed by atoms with Crippen molar-refractivity contribution in [2.45, 2.75) is 76.7 Å². The number of amides is 2. The van der Waals surface area contributed by atoms with E-state index < -0.39 is 6.10 Å². The van der Waals surface area contributed by atoms with Crippen molar-refractivity contribution >= 4 is 23.6 Å². The molecule has 1 aliphatic carbocycles. The second kappa shape index (κ2) is 12.1. The molecule has 1 aliphatic rings. The highest BCUT2D eigenvalue weighted by atomic mass is 32.2. The first kappa shape index (κ1) is 25.1. The van der Waals surface area contributed by atoms with Gasteiger partial charge in [0.15, 0.2) is 17.1 Å². The van der Waals surface area contributed by atoms with Crippen molar-refractivity contribution in [1.82, 2.24) is 25.4 Å². The Kier molecular flexibility index (Phi) is 9.17. The first-order chi connectivity index (χ1) is 15.9. The van der Waals surface area contributed by atoms with Crippen molar-refractivity contribution in [2.75, 3.05) is 5.75 Å². The van der Waals surface area contributed by atoms with Gasteiger partial charge < -0.3 is 19.9 Å². The van der Waals surface area contributed by atoms with Gasteiger partial charge in [-0.05, 0) is 49.8 Å². The fourth-order valence-corrected chi connectivity index (χ4v) is 4.65. The molecule has 0 spiro atoms. The molecule has 2 aromatic rings. The lowest BCUT2D eigenvalue weighted by atomic mass is 9.86. The molecular weight excluding hydrogens is 438 g/mol. The van der Waals surface area contributed by atoms with Crippen LogP contribution >= 0.6 is 11.8 Å². The van der Waals surface area contributed by atoms with E-state index in [-0.39, 0.29) is 24.4 Å². The van der Waals surface area contributed by atoms with Gasteiger partial charge in [-0.3, -0.25) is 9.59 Å². The summed E-state index contributed by atoms with van der Waals surface area (Å²) in [5, 5.41) is 15.0. The summed E-state index contributed by atoms with van der Waals surface area (Å²) < 4.78 is 7.53. The van der Waals surface area contributed by atoms with Crippen molar-refractivity contribution in [1.29, 1.82) is 0 Å². The zero-order chi connectivity index (χ0) is 23.8. The van der Waals surface area contributed by atoms with E-state index in [0.717, 1.165) is 12.8 Å². The number of rotatable bonds is 10. The molecule has 9 heteroatoms. The van der Waals surface area contributed by atoms with Crippen molar-refractivity contribution in [3.05, 3.63) is 35.7 Å². The highest BCUT2D eigenvalue weighted by molar-refractivity contribution is 7.99. The summed E-state index contributed by atoms with van der Waals surface area (Å²) in [6, 6.07) is 8.01. The van der Waals surface area contributed by atoms with E-state index in [1.807, 2.05) is 31.3 Å². The summed E-state index contributed by atoms with van der Waals surface area (Å²) in [7, 11) is 1.83. The van der Waals surface area contributed by atoms with Gasteiger partial charge in [0.25, 0.3) is 5.91 Å². The van der Waals surface area contributed by atoms with Crippen LogP contribution in [0.25, 0.3) is 0 Å². The van der Waals surface area contributed by atoms with Gasteiger partial charge in [0.2, 0.25) is 5.91 Å². The fourth-order valence-electron chi connectivity index (χ4n) is 3.91. The van der Waals surface area contributed by atoms with Gasteiger partial charge in [0.1, 0.15) is 5.75 Å². The number of carbonyl (C=O) groups excluding carboxylic acids is 2. The van der Waals surface area contributed by atoms with Crippen molar-refractivity contribution < 1.29 is 14.3 Å². The minimum Gasteiger partial charge on any atom is -0.481 e. The Labute approximate surface area is 200 Å². The molecule has 1 saturated carbocycles. The van der Waals surface area contributed by atoms with Crippen LogP contribution in [0.5, 0.6) is 5.75 Å². The molecule has 8 nitrogen and oxygen atoms in total. The minimum absolute atomic E-state index is 0.0227. The second-order valence-electron chi connectivity index (χ2n) is 8.66. The molecule has 0 saturated heterocycles. The maximum absolute atomic E-state index is 12.4. The summed E-state index contributed by atoms with van der Waals surface area (Å²) in [5.74, 6) is 1.89. The highest BCUT2D eigenvalue weighted by Crippen LogP contribution is 2.24. The topological polar surface area (TPSA) is 98.1 Å². The number of aryl methyl sites for hydroxylation is 1. The number of ether oxygens (including phenoxy) is 1. The molecular formula is C24H35N5O3S. The first-order valence-corrected chi connectivity index (χ1v) is 12.7. The van der Waals surface area contributed by atoms with E-state index in [2.05, 4.69) is 34.7 Å². The summed E-state index contributed by atoms with van der Waals surface area (Å²) in [6.07, 6.45) is 4.97. The third-order valence-corrected chi connectivity index (χ3v) is 7.17. The summed E-state index contributed by atoms with van der Waals surface area (Å²) in [6.45, 7) is 6.24. The number of aromatic nitrogens is 3. The Morgan fingerprint density at radius 1 is 1.21 bits per heavy atom. The standard InChI is InChI=1S/C24H35N5O3S/c1-5-18-10-12-19(13-11-18)32-17(3)23(31)25-14-21-27-28-24(29(21)4)33-15-22(30)26-20-9-7-6-8-16(20)2/h10-13,16-17,20H,5-9,14-15H2,1-4H3,(H,25,31)(H,26,30)/t16-,17-,20-/m1/s1. The first-order valence-electron chi connectivity index (χ1n) is 11.7. The van der Waals surface area contributed by atoms with Gasteiger partial charge in [-0.15, -0.1) is 10.2 Å². The zero-order valence-corrected chi connectivity index (χ0v) is 20.8. The molecule has 2 amide bonds. The Balaban J connectivity index is 1.43. The highest BCUT2D eigenvalue weighted by Gasteiger charge is 2.23. The third kappa shape index (κ3) is 7.22. The lowest BCUT2D eigenvalue weighted by Crippen LogP contribution is -2.41. The van der Waals surface area contributed by atoms with E-state index in [9.17, 15) is 9.59 Å². The van der Waals surface area contributed by atoms with Crippen LogP contribution in [0, 0.1) is 5.92 Å². The van der Waals surface area contributed by atoms with E-state index >= 15 is 0 Å². The van der Waals surface area contributed by atoms with E-state index in [4.69, 9.17) is 4.74 Å². The molecule has 33 heavy (non-hydrogen) atoms. The van der Waals surface area contributed by atoms with Gasteiger partial charge in [0, 0.05) is 13.1 Å². The number of hydrogen-bond acceptors (Lipinski definition) is 6. The van der Waals surface area contributed by atoms with Gasteiger partial charge >= 0.3 is 0 Å². The molecule has 1 fully saturated rings. The van der Waals surface area contributed by atoms with Crippen molar-refractivity contribution in [3.8, 4) is 5.75 Å². The molecule has 1 aromatic carbocycles. The molecule has 0 unspecified atom stereocenters. The zero-order valence-electron chi connectivity index (χ0n) is 20.0. The summed E-state index contributed by atoms with van der Waals surface area (Å²) in [5.41, 5.74) is 1.22. The normalized spacial score (nSPS) is 19.0. The number of nitrogens with one attached hydrogen (secondary N) is 2. The van der Waals surface area contributed by atoms with Crippen LogP contribution < -0.4 is 15.4 Å². The minimum atomic E-state index is -0.634. The Morgan fingerprint density at radius 3 is 2.64 bits per heavy atom. The number of hydrogen-bond donors (Lipinski definition) is 2. The maximum Gasteiger partial charge on any atom is 0.261 e. The summed E-state index contributed by atoms with van der Waals surface area (Å²) in [4.78, 5) is 24.8. The summed E-state index contributed by atoms with van der Waals surface area (Å²) >= 11 is 1.35. The van der Waals surface area contributed by atoms with Crippen LogP contribution in [0.1, 0.15) is 57.8 Å². The van der Waals surface area contributed by atoms with Crippen LogP contribution in [0.4, 0.5) is 0 Å². The average Bonchev–Trinajstić information content (AvgIpc) is 3.17. The van der Waals surface area contributed by atoms with Crippen molar-refractivity contribution in [2.24, 2.45) is 13.0 Å². The molecule has 2 N–H and O–H groups in total. The quantitative estimate of drug-likeness (QED) is 0.514. The Bertz CT molecular complexity index is 931. The van der Waals surface area contributed by atoms with Crippen LogP contribution in [-0.2, 0) is 29.6 Å². The van der Waals surface area contributed by atoms with E-state index in [1.54, 1.807) is 11.5 Å². The molecule has 180 valence electrons. The smallest absolute Gasteiger partial charge is 0.261 e. The monoisotopic (exact) mass is 473 g/mol.